The molecule has 3 rings (SSSR count). The van der Waals surface area contributed by atoms with Crippen LogP contribution in [0.2, 0.25) is 5.02 Å². The van der Waals surface area contributed by atoms with E-state index < -0.39 is 0 Å². The lowest BCUT2D eigenvalue weighted by Gasteiger charge is -1.98. The molecule has 0 aliphatic carbocycles. The van der Waals surface area contributed by atoms with Crippen molar-refractivity contribution in [2.45, 2.75) is 6.92 Å². The minimum atomic E-state index is 0.755. The van der Waals surface area contributed by atoms with Crippen molar-refractivity contribution >= 4 is 36.1 Å². The fraction of sp³-hybridized carbons (Fsp3) is 0.0741. The fourth-order valence-corrected chi connectivity index (χ4v) is 2.58. The van der Waals surface area contributed by atoms with Gasteiger partial charge in [-0.25, -0.2) is 0 Å². The van der Waals surface area contributed by atoms with E-state index in [0.29, 0.717) is 0 Å². The lowest BCUT2D eigenvalue weighted by Crippen LogP contribution is -1.81. The summed E-state index contributed by atoms with van der Waals surface area (Å²) in [6.45, 7) is 2.03. The quantitative estimate of drug-likeness (QED) is 0.239. The molecule has 0 N–H and O–H groups in total. The van der Waals surface area contributed by atoms with Gasteiger partial charge in [-0.3, -0.25) is 4.79 Å². The Morgan fingerprint density at radius 1 is 0.667 bits per heavy atom. The van der Waals surface area contributed by atoms with Crippen molar-refractivity contribution in [1.82, 2.24) is 0 Å². The predicted octanol–water partition coefficient (Wildman–Crippen LogP) is 7.28. The Hall–Kier alpha value is -3.36. The first-order valence-electron chi connectivity index (χ1n) is 9.53. The van der Waals surface area contributed by atoms with Gasteiger partial charge in [0.1, 0.15) is 12.0 Å². The Bertz CT molecular complexity index is 981. The largest absolute Gasteiger partial charge is 0.497 e. The highest BCUT2D eigenvalue weighted by atomic mass is 35.5. The number of aldehydes is 1. The Morgan fingerprint density at radius 3 is 1.57 bits per heavy atom. The van der Waals surface area contributed by atoms with Gasteiger partial charge in [-0.15, -0.1) is 0 Å². The molecule has 0 heterocycles. The molecule has 2 nitrogen and oxygen atoms in total. The molecule has 3 aromatic carbocycles. The van der Waals surface area contributed by atoms with Crippen LogP contribution in [0.3, 0.4) is 0 Å². The average Bonchev–Trinajstić information content (AvgIpc) is 2.78. The van der Waals surface area contributed by atoms with Gasteiger partial charge in [-0.1, -0.05) is 96.1 Å². The third-order valence-corrected chi connectivity index (χ3v) is 4.37. The number of aryl methyl sites for hydroxylation is 1. The summed E-state index contributed by atoms with van der Waals surface area (Å²) in [4.78, 5) is 9.96. The van der Waals surface area contributed by atoms with Crippen molar-refractivity contribution in [1.29, 1.82) is 0 Å². The second-order valence-corrected chi connectivity index (χ2v) is 6.89. The molecule has 0 radical (unpaired) electrons. The Morgan fingerprint density at radius 2 is 1.10 bits per heavy atom. The Balaban J connectivity index is 0.000000248. The molecule has 0 unspecified atom stereocenters. The van der Waals surface area contributed by atoms with Crippen LogP contribution in [-0.4, -0.2) is 13.4 Å². The lowest BCUT2D eigenvalue weighted by atomic mass is 10.1. The molecule has 152 valence electrons. The number of allylic oxidation sites excluding steroid dienone is 3. The number of ether oxygens (including phenoxy) is 1. The monoisotopic (exact) mass is 416 g/mol. The van der Waals surface area contributed by atoms with Crippen LogP contribution in [0.5, 0.6) is 5.75 Å². The molecule has 3 aromatic rings. The van der Waals surface area contributed by atoms with E-state index in [-0.39, 0.29) is 0 Å². The third-order valence-electron chi connectivity index (χ3n) is 4.12. The molecule has 0 amide bonds. The maximum Gasteiger partial charge on any atom is 0.142 e. The van der Waals surface area contributed by atoms with Gasteiger partial charge in [0.05, 0.1) is 7.11 Å². The van der Waals surface area contributed by atoms with Gasteiger partial charge < -0.3 is 4.74 Å². The van der Waals surface area contributed by atoms with E-state index in [1.165, 1.54) is 11.6 Å². The number of benzene rings is 3. The summed E-state index contributed by atoms with van der Waals surface area (Å²) in [6, 6.07) is 23.7. The SMILES string of the molecule is COc1ccc(/C=C/C=C/c2ccc(Cl)cc2)cc1.Cc1ccc(/C=C/C=O)cc1. The van der Waals surface area contributed by atoms with Crippen molar-refractivity contribution in [3.63, 3.8) is 0 Å². The van der Waals surface area contributed by atoms with Crippen molar-refractivity contribution in [2.75, 3.05) is 7.11 Å². The van der Waals surface area contributed by atoms with Crippen LogP contribution in [0.25, 0.3) is 18.2 Å². The molecule has 0 fully saturated rings. The predicted molar refractivity (Wildman–Crippen MR) is 129 cm³/mol. The second kappa shape index (κ2) is 13.0. The van der Waals surface area contributed by atoms with Gasteiger partial charge in [0.15, 0.2) is 0 Å². The highest BCUT2D eigenvalue weighted by Gasteiger charge is 1.89. The van der Waals surface area contributed by atoms with Gasteiger partial charge in [0, 0.05) is 5.02 Å². The van der Waals surface area contributed by atoms with E-state index in [1.54, 1.807) is 13.2 Å². The van der Waals surface area contributed by atoms with Gasteiger partial charge in [0.2, 0.25) is 0 Å². The molecule has 0 saturated heterocycles. The van der Waals surface area contributed by atoms with Crippen LogP contribution >= 0.6 is 11.6 Å². The normalized spacial score (nSPS) is 10.9. The zero-order chi connectivity index (χ0) is 21.6. The molecule has 0 aliphatic rings. The molecule has 0 atom stereocenters. The number of rotatable bonds is 6. The van der Waals surface area contributed by atoms with E-state index in [9.17, 15) is 4.79 Å². The van der Waals surface area contributed by atoms with Gasteiger partial charge in [0.25, 0.3) is 0 Å². The maximum absolute atomic E-state index is 9.96. The number of hydrogen-bond acceptors (Lipinski definition) is 2. The average molecular weight is 417 g/mol. The summed E-state index contributed by atoms with van der Waals surface area (Å²) in [5, 5.41) is 0.755. The molecule has 3 heteroatoms. The molecule has 0 aromatic heterocycles. The standard InChI is InChI=1S/C17H15ClO.C10H10O/c1-19-17-12-8-15(9-13-17)5-3-2-4-14-6-10-16(18)11-7-14;1-9-4-6-10(7-5-9)3-2-8-11/h2-13H,1H3;2-8H,1H3/b4-2+,5-3+;3-2+. The highest BCUT2D eigenvalue weighted by molar-refractivity contribution is 6.30. The number of carbonyl (C=O) groups excluding carboxylic acids is 1. The lowest BCUT2D eigenvalue weighted by molar-refractivity contribution is -0.104. The van der Waals surface area contributed by atoms with Crippen LogP contribution < -0.4 is 4.74 Å². The van der Waals surface area contributed by atoms with E-state index in [1.807, 2.05) is 104 Å². The number of carbonyl (C=O) groups is 1. The van der Waals surface area contributed by atoms with Crippen molar-refractivity contribution in [3.05, 3.63) is 118 Å². The maximum atomic E-state index is 9.96. The second-order valence-electron chi connectivity index (χ2n) is 6.45. The molecular formula is C27H25ClO2. The highest BCUT2D eigenvalue weighted by Crippen LogP contribution is 2.13. The minimum Gasteiger partial charge on any atom is -0.497 e. The van der Waals surface area contributed by atoms with Crippen molar-refractivity contribution < 1.29 is 9.53 Å². The van der Waals surface area contributed by atoms with Crippen LogP contribution in [0, 0.1) is 6.92 Å². The Labute approximate surface area is 183 Å². The smallest absolute Gasteiger partial charge is 0.142 e. The summed E-state index contributed by atoms with van der Waals surface area (Å²) in [5.74, 6) is 0.869. The van der Waals surface area contributed by atoms with Crippen LogP contribution in [0.15, 0.2) is 91.0 Å². The van der Waals surface area contributed by atoms with E-state index in [2.05, 4.69) is 0 Å². The first-order chi connectivity index (χ1) is 14.6. The number of hydrogen-bond donors (Lipinski definition) is 0. The number of halogens is 1. The topological polar surface area (TPSA) is 26.3 Å². The van der Waals surface area contributed by atoms with E-state index in [4.69, 9.17) is 16.3 Å². The summed E-state index contributed by atoms with van der Waals surface area (Å²) in [7, 11) is 1.67. The van der Waals surface area contributed by atoms with Crippen LogP contribution in [-0.2, 0) is 4.79 Å². The van der Waals surface area contributed by atoms with Crippen molar-refractivity contribution in [3.8, 4) is 5.75 Å². The van der Waals surface area contributed by atoms with Gasteiger partial charge >= 0.3 is 0 Å². The molecule has 30 heavy (non-hydrogen) atoms. The number of methoxy groups -OCH3 is 1. The van der Waals surface area contributed by atoms with Crippen molar-refractivity contribution in [2.24, 2.45) is 0 Å². The van der Waals surface area contributed by atoms with Crippen LogP contribution in [0.1, 0.15) is 22.3 Å². The van der Waals surface area contributed by atoms with Gasteiger partial charge in [-0.2, -0.15) is 0 Å². The summed E-state index contributed by atoms with van der Waals surface area (Å²) < 4.78 is 5.11. The summed E-state index contributed by atoms with van der Waals surface area (Å²) >= 11 is 5.83. The first-order valence-corrected chi connectivity index (χ1v) is 9.91. The minimum absolute atomic E-state index is 0.755. The van der Waals surface area contributed by atoms with E-state index >= 15 is 0 Å². The first kappa shape index (κ1) is 22.9. The Kier molecular flexibility index (Phi) is 9.91. The zero-order valence-corrected chi connectivity index (χ0v) is 17.9. The van der Waals surface area contributed by atoms with Crippen LogP contribution in [0.4, 0.5) is 0 Å². The molecule has 0 aliphatic heterocycles. The third kappa shape index (κ3) is 8.76. The summed E-state index contributed by atoms with van der Waals surface area (Å²) in [5.41, 5.74) is 4.56. The fourth-order valence-electron chi connectivity index (χ4n) is 2.45. The molecular weight excluding hydrogens is 392 g/mol. The van der Waals surface area contributed by atoms with E-state index in [0.717, 1.165) is 33.7 Å². The van der Waals surface area contributed by atoms with Gasteiger partial charge in [-0.05, 0) is 54.0 Å². The molecule has 0 bridgehead atoms. The molecule has 0 spiro atoms. The molecule has 0 saturated carbocycles. The zero-order valence-electron chi connectivity index (χ0n) is 17.2. The summed E-state index contributed by atoms with van der Waals surface area (Å²) in [6.07, 6.45) is 12.2.